The number of likely N-dealkylation sites (tertiary alicyclic amines) is 1. The van der Waals surface area contributed by atoms with E-state index in [4.69, 9.17) is 4.42 Å². The minimum absolute atomic E-state index is 0.135. The standard InChI is InChI=1S/C13H16N2O2/c1-2-15-11(9-10-5-8-17-13(10)15)12(16)14-6-3-4-7-14/h5,8-9H,2-4,6-7H2,1H3. The number of aryl methyl sites for hydroxylation is 1. The summed E-state index contributed by atoms with van der Waals surface area (Å²) in [4.78, 5) is 14.3. The molecule has 3 heterocycles. The van der Waals surface area contributed by atoms with Gasteiger partial charge in [0, 0.05) is 25.0 Å². The second-order valence-electron chi connectivity index (χ2n) is 4.45. The minimum Gasteiger partial charge on any atom is -0.448 e. The minimum atomic E-state index is 0.135. The predicted octanol–water partition coefficient (Wildman–Crippen LogP) is 2.49. The number of hydrogen-bond acceptors (Lipinski definition) is 2. The number of furan rings is 1. The molecular formula is C13H16N2O2. The van der Waals surface area contributed by atoms with E-state index >= 15 is 0 Å². The highest BCUT2D eigenvalue weighted by Gasteiger charge is 2.24. The van der Waals surface area contributed by atoms with E-state index in [1.807, 2.05) is 28.5 Å². The quantitative estimate of drug-likeness (QED) is 0.797. The molecule has 1 aliphatic heterocycles. The van der Waals surface area contributed by atoms with Gasteiger partial charge < -0.3 is 13.9 Å². The molecule has 1 amide bonds. The van der Waals surface area contributed by atoms with Crippen molar-refractivity contribution in [2.45, 2.75) is 26.3 Å². The van der Waals surface area contributed by atoms with E-state index in [2.05, 4.69) is 0 Å². The molecule has 1 fully saturated rings. The lowest BCUT2D eigenvalue weighted by molar-refractivity contribution is 0.0782. The van der Waals surface area contributed by atoms with E-state index < -0.39 is 0 Å². The zero-order valence-corrected chi connectivity index (χ0v) is 9.98. The van der Waals surface area contributed by atoms with Gasteiger partial charge in [-0.05, 0) is 31.9 Å². The maximum Gasteiger partial charge on any atom is 0.270 e. The van der Waals surface area contributed by atoms with Crippen molar-refractivity contribution in [1.82, 2.24) is 9.47 Å². The van der Waals surface area contributed by atoms with Gasteiger partial charge in [-0.1, -0.05) is 0 Å². The fourth-order valence-corrected chi connectivity index (χ4v) is 2.55. The Hall–Kier alpha value is -1.71. The molecule has 90 valence electrons. The second kappa shape index (κ2) is 3.95. The van der Waals surface area contributed by atoms with Crippen LogP contribution in [0.25, 0.3) is 11.1 Å². The molecule has 1 saturated heterocycles. The van der Waals surface area contributed by atoms with Gasteiger partial charge in [0.1, 0.15) is 5.69 Å². The second-order valence-corrected chi connectivity index (χ2v) is 4.45. The SMILES string of the molecule is CCn1c(C(=O)N2CCCC2)cc2ccoc21. The number of aromatic nitrogens is 1. The summed E-state index contributed by atoms with van der Waals surface area (Å²) in [7, 11) is 0. The van der Waals surface area contributed by atoms with Crippen LogP contribution in [-0.4, -0.2) is 28.5 Å². The lowest BCUT2D eigenvalue weighted by Crippen LogP contribution is -2.29. The van der Waals surface area contributed by atoms with Gasteiger partial charge in [-0.15, -0.1) is 0 Å². The molecule has 3 rings (SSSR count). The maximum atomic E-state index is 12.4. The van der Waals surface area contributed by atoms with Crippen molar-refractivity contribution in [1.29, 1.82) is 0 Å². The molecule has 0 spiro atoms. The van der Waals surface area contributed by atoms with E-state index in [9.17, 15) is 4.79 Å². The number of rotatable bonds is 2. The number of nitrogens with zero attached hydrogens (tertiary/aromatic N) is 2. The molecule has 4 nitrogen and oxygen atoms in total. The summed E-state index contributed by atoms with van der Waals surface area (Å²) in [5.41, 5.74) is 1.55. The van der Waals surface area contributed by atoms with Crippen LogP contribution in [-0.2, 0) is 6.54 Å². The van der Waals surface area contributed by atoms with Crippen LogP contribution < -0.4 is 0 Å². The topological polar surface area (TPSA) is 38.4 Å². The van der Waals surface area contributed by atoms with Gasteiger partial charge in [0.15, 0.2) is 0 Å². The van der Waals surface area contributed by atoms with Gasteiger partial charge >= 0.3 is 0 Å². The highest BCUT2D eigenvalue weighted by molar-refractivity contribution is 5.97. The average Bonchev–Trinajstić information content (AvgIpc) is 3.03. The lowest BCUT2D eigenvalue weighted by atomic mass is 10.3. The third-order valence-electron chi connectivity index (χ3n) is 3.43. The molecule has 17 heavy (non-hydrogen) atoms. The molecule has 0 radical (unpaired) electrons. The Morgan fingerprint density at radius 3 is 2.88 bits per heavy atom. The van der Waals surface area contributed by atoms with Crippen molar-refractivity contribution < 1.29 is 9.21 Å². The van der Waals surface area contributed by atoms with Gasteiger partial charge in [-0.2, -0.15) is 0 Å². The van der Waals surface area contributed by atoms with Crippen molar-refractivity contribution in [2.75, 3.05) is 13.1 Å². The fourth-order valence-electron chi connectivity index (χ4n) is 2.55. The summed E-state index contributed by atoms with van der Waals surface area (Å²) in [5, 5.41) is 1.01. The first-order chi connectivity index (χ1) is 8.31. The Bertz CT molecular complexity index is 547. The number of amides is 1. The lowest BCUT2D eigenvalue weighted by Gasteiger charge is -2.16. The molecule has 2 aromatic rings. The molecule has 1 aliphatic rings. The van der Waals surface area contributed by atoms with Crippen LogP contribution in [0.4, 0.5) is 0 Å². The van der Waals surface area contributed by atoms with Crippen LogP contribution in [0.2, 0.25) is 0 Å². The van der Waals surface area contributed by atoms with Gasteiger partial charge in [0.05, 0.1) is 6.26 Å². The average molecular weight is 232 g/mol. The smallest absolute Gasteiger partial charge is 0.270 e. The van der Waals surface area contributed by atoms with E-state index in [0.717, 1.165) is 49.3 Å². The van der Waals surface area contributed by atoms with Crippen LogP contribution in [0.15, 0.2) is 22.8 Å². The summed E-state index contributed by atoms with van der Waals surface area (Å²) in [6, 6.07) is 3.84. The van der Waals surface area contributed by atoms with Crippen molar-refractivity contribution in [3.63, 3.8) is 0 Å². The van der Waals surface area contributed by atoms with Crippen molar-refractivity contribution >= 4 is 17.0 Å². The van der Waals surface area contributed by atoms with E-state index in [-0.39, 0.29) is 5.91 Å². The Labute approximate surface area is 99.8 Å². The largest absolute Gasteiger partial charge is 0.448 e. The summed E-state index contributed by atoms with van der Waals surface area (Å²) >= 11 is 0. The Morgan fingerprint density at radius 1 is 1.41 bits per heavy atom. The van der Waals surface area contributed by atoms with E-state index in [1.54, 1.807) is 6.26 Å². The number of carbonyl (C=O) groups excluding carboxylic acids is 1. The van der Waals surface area contributed by atoms with Crippen LogP contribution in [0, 0.1) is 0 Å². The monoisotopic (exact) mass is 232 g/mol. The number of carbonyl (C=O) groups is 1. The van der Waals surface area contributed by atoms with Gasteiger partial charge in [0.25, 0.3) is 5.91 Å². The first kappa shape index (κ1) is 10.4. The number of fused-ring (bicyclic) bond motifs is 1. The Balaban J connectivity index is 2.03. The first-order valence-corrected chi connectivity index (χ1v) is 6.17. The highest BCUT2D eigenvalue weighted by atomic mass is 16.3. The fraction of sp³-hybridized carbons (Fsp3) is 0.462. The summed E-state index contributed by atoms with van der Waals surface area (Å²) < 4.78 is 7.38. The first-order valence-electron chi connectivity index (χ1n) is 6.17. The Morgan fingerprint density at radius 2 is 2.18 bits per heavy atom. The van der Waals surface area contributed by atoms with Crippen LogP contribution >= 0.6 is 0 Å². The van der Waals surface area contributed by atoms with E-state index in [1.165, 1.54) is 0 Å². The van der Waals surface area contributed by atoms with Crippen molar-refractivity contribution in [2.24, 2.45) is 0 Å². The summed E-state index contributed by atoms with van der Waals surface area (Å²) in [6.45, 7) is 4.55. The maximum absolute atomic E-state index is 12.4. The van der Waals surface area contributed by atoms with Crippen LogP contribution in [0.3, 0.4) is 0 Å². The van der Waals surface area contributed by atoms with Gasteiger partial charge in [-0.25, -0.2) is 0 Å². The molecule has 0 saturated carbocycles. The highest BCUT2D eigenvalue weighted by Crippen LogP contribution is 2.23. The predicted molar refractivity (Wildman–Crippen MR) is 65.0 cm³/mol. The normalized spacial score (nSPS) is 15.9. The molecule has 0 aromatic carbocycles. The molecule has 0 N–H and O–H groups in total. The zero-order valence-electron chi connectivity index (χ0n) is 9.98. The molecule has 0 bridgehead atoms. The van der Waals surface area contributed by atoms with Gasteiger partial charge in [-0.3, -0.25) is 4.79 Å². The molecular weight excluding hydrogens is 216 g/mol. The number of hydrogen-bond donors (Lipinski definition) is 0. The third-order valence-corrected chi connectivity index (χ3v) is 3.43. The molecule has 0 aliphatic carbocycles. The van der Waals surface area contributed by atoms with Crippen molar-refractivity contribution in [3.8, 4) is 0 Å². The summed E-state index contributed by atoms with van der Waals surface area (Å²) in [5.74, 6) is 0.135. The molecule has 0 atom stereocenters. The van der Waals surface area contributed by atoms with Crippen LogP contribution in [0.1, 0.15) is 30.3 Å². The van der Waals surface area contributed by atoms with Gasteiger partial charge in [0.2, 0.25) is 5.71 Å². The molecule has 2 aromatic heterocycles. The van der Waals surface area contributed by atoms with E-state index in [0.29, 0.717) is 0 Å². The van der Waals surface area contributed by atoms with Crippen LogP contribution in [0.5, 0.6) is 0 Å². The molecule has 4 heteroatoms. The van der Waals surface area contributed by atoms with Crippen molar-refractivity contribution in [3.05, 3.63) is 24.1 Å². The zero-order chi connectivity index (χ0) is 11.8. The Kier molecular flexibility index (Phi) is 2.42. The third kappa shape index (κ3) is 1.55. The summed E-state index contributed by atoms with van der Waals surface area (Å²) in [6.07, 6.45) is 3.91. The molecule has 0 unspecified atom stereocenters.